The summed E-state index contributed by atoms with van der Waals surface area (Å²) in [5.74, 6) is -0.0386. The maximum atomic E-state index is 13.2. The Balaban J connectivity index is 1.50. The molecule has 1 aliphatic rings. The number of aromatic nitrogens is 1. The molecule has 0 radical (unpaired) electrons. The van der Waals surface area contributed by atoms with Gasteiger partial charge in [-0.2, -0.15) is 0 Å². The van der Waals surface area contributed by atoms with Gasteiger partial charge in [-0.05, 0) is 55.7 Å². The Hall–Kier alpha value is -2.55. The number of hydrogen-bond donors (Lipinski definition) is 0. The van der Waals surface area contributed by atoms with Crippen molar-refractivity contribution in [3.63, 3.8) is 0 Å². The second kappa shape index (κ2) is 10.4. The number of morpholine rings is 1. The Kier molecular flexibility index (Phi) is 7.34. The lowest BCUT2D eigenvalue weighted by atomic mass is 10.1. The number of halogens is 1. The predicted molar refractivity (Wildman–Crippen MR) is 125 cm³/mol. The zero-order chi connectivity index (χ0) is 22.5. The molecule has 0 saturated carbocycles. The Bertz CT molecular complexity index is 1030. The van der Waals surface area contributed by atoms with Crippen LogP contribution < -0.4 is 9.64 Å². The summed E-state index contributed by atoms with van der Waals surface area (Å²) < 4.78 is 25.3. The zero-order valence-electron chi connectivity index (χ0n) is 18.5. The van der Waals surface area contributed by atoms with E-state index in [0.29, 0.717) is 17.4 Å². The lowest BCUT2D eigenvalue weighted by molar-refractivity contribution is -0.120. The van der Waals surface area contributed by atoms with E-state index in [1.54, 1.807) is 4.90 Å². The number of ether oxygens (including phenoxy) is 2. The van der Waals surface area contributed by atoms with Crippen LogP contribution in [0.5, 0.6) is 5.75 Å². The van der Waals surface area contributed by atoms with Gasteiger partial charge in [0, 0.05) is 26.2 Å². The molecule has 3 aromatic rings. The normalized spacial score (nSPS) is 14.6. The fourth-order valence-electron chi connectivity index (χ4n) is 3.72. The molecule has 6 nitrogen and oxygen atoms in total. The molecule has 4 rings (SSSR count). The van der Waals surface area contributed by atoms with Crippen LogP contribution in [0.2, 0.25) is 0 Å². The summed E-state index contributed by atoms with van der Waals surface area (Å²) in [6, 6.07) is 9.83. The number of thiazole rings is 1. The van der Waals surface area contributed by atoms with E-state index >= 15 is 0 Å². The van der Waals surface area contributed by atoms with Crippen molar-refractivity contribution in [3.8, 4) is 5.75 Å². The molecular weight excluding hydrogens is 429 g/mol. The van der Waals surface area contributed by atoms with Gasteiger partial charge in [0.25, 0.3) is 5.91 Å². The van der Waals surface area contributed by atoms with Crippen LogP contribution in [-0.2, 0) is 9.53 Å². The number of carbonyl (C=O) groups excluding carboxylic acids is 1. The number of anilines is 1. The van der Waals surface area contributed by atoms with E-state index in [-0.39, 0.29) is 18.3 Å². The summed E-state index contributed by atoms with van der Waals surface area (Å²) in [6.45, 7) is 8.77. The number of hydrogen-bond acceptors (Lipinski definition) is 6. The largest absolute Gasteiger partial charge is 0.484 e. The Morgan fingerprint density at radius 1 is 1.16 bits per heavy atom. The van der Waals surface area contributed by atoms with E-state index < -0.39 is 0 Å². The van der Waals surface area contributed by atoms with Crippen LogP contribution in [0.15, 0.2) is 36.4 Å². The first-order valence-electron chi connectivity index (χ1n) is 10.9. The number of nitrogens with zero attached hydrogens (tertiary/aromatic N) is 3. The average Bonchev–Trinajstić information content (AvgIpc) is 3.26. The maximum Gasteiger partial charge on any atom is 0.266 e. The first kappa shape index (κ1) is 22.6. The number of carbonyl (C=O) groups is 1. The van der Waals surface area contributed by atoms with Crippen molar-refractivity contribution in [1.29, 1.82) is 0 Å². The third-order valence-electron chi connectivity index (χ3n) is 5.60. The molecule has 32 heavy (non-hydrogen) atoms. The van der Waals surface area contributed by atoms with Crippen LogP contribution in [0.3, 0.4) is 0 Å². The Morgan fingerprint density at radius 3 is 2.59 bits per heavy atom. The number of rotatable bonds is 8. The molecule has 0 atom stereocenters. The first-order chi connectivity index (χ1) is 15.5. The van der Waals surface area contributed by atoms with Crippen LogP contribution in [-0.4, -0.2) is 61.8 Å². The average molecular weight is 458 g/mol. The van der Waals surface area contributed by atoms with Gasteiger partial charge in [0.2, 0.25) is 0 Å². The summed E-state index contributed by atoms with van der Waals surface area (Å²) in [5, 5.41) is 0.687. The van der Waals surface area contributed by atoms with Crippen LogP contribution in [0.25, 0.3) is 10.2 Å². The van der Waals surface area contributed by atoms with Crippen molar-refractivity contribution in [3.05, 3.63) is 53.3 Å². The molecule has 1 aromatic heterocycles. The molecule has 2 aromatic carbocycles. The quantitative estimate of drug-likeness (QED) is 0.508. The van der Waals surface area contributed by atoms with E-state index in [2.05, 4.69) is 24.0 Å². The second-order valence-electron chi connectivity index (χ2n) is 7.97. The summed E-state index contributed by atoms with van der Waals surface area (Å²) in [6.07, 6.45) is 0.830. The molecule has 0 unspecified atom stereocenters. The van der Waals surface area contributed by atoms with Gasteiger partial charge < -0.3 is 9.47 Å². The van der Waals surface area contributed by atoms with Gasteiger partial charge in [-0.3, -0.25) is 14.6 Å². The second-order valence-corrected chi connectivity index (χ2v) is 8.95. The fraction of sp³-hybridized carbons (Fsp3) is 0.417. The number of fused-ring (bicyclic) bond motifs is 1. The molecule has 1 fully saturated rings. The number of aryl methyl sites for hydroxylation is 2. The van der Waals surface area contributed by atoms with E-state index in [1.165, 1.54) is 35.6 Å². The van der Waals surface area contributed by atoms with Crippen LogP contribution >= 0.6 is 11.3 Å². The summed E-state index contributed by atoms with van der Waals surface area (Å²) >= 11 is 1.54. The van der Waals surface area contributed by atoms with Gasteiger partial charge in [0.15, 0.2) is 11.7 Å². The van der Waals surface area contributed by atoms with Crippen LogP contribution in [0.4, 0.5) is 9.52 Å². The molecule has 0 N–H and O–H groups in total. The zero-order valence-corrected chi connectivity index (χ0v) is 19.3. The van der Waals surface area contributed by atoms with Gasteiger partial charge >= 0.3 is 0 Å². The van der Waals surface area contributed by atoms with Crippen LogP contribution in [0.1, 0.15) is 17.5 Å². The smallest absolute Gasteiger partial charge is 0.266 e. The van der Waals surface area contributed by atoms with E-state index in [9.17, 15) is 9.18 Å². The molecule has 0 spiro atoms. The van der Waals surface area contributed by atoms with Gasteiger partial charge in [-0.1, -0.05) is 23.5 Å². The number of benzene rings is 2. The van der Waals surface area contributed by atoms with Crippen LogP contribution in [0, 0.1) is 19.7 Å². The Morgan fingerprint density at radius 2 is 1.88 bits per heavy atom. The van der Waals surface area contributed by atoms with Crippen molar-refractivity contribution < 1.29 is 18.7 Å². The van der Waals surface area contributed by atoms with Gasteiger partial charge in [-0.25, -0.2) is 9.37 Å². The molecule has 1 aliphatic heterocycles. The topological polar surface area (TPSA) is 54.9 Å². The van der Waals surface area contributed by atoms with Crippen molar-refractivity contribution in [2.24, 2.45) is 0 Å². The lowest BCUT2D eigenvalue weighted by Crippen LogP contribution is -2.40. The van der Waals surface area contributed by atoms with E-state index in [4.69, 9.17) is 14.5 Å². The molecule has 1 amide bonds. The first-order valence-corrected chi connectivity index (χ1v) is 11.7. The van der Waals surface area contributed by atoms with Crippen molar-refractivity contribution >= 4 is 32.6 Å². The minimum absolute atomic E-state index is 0.128. The van der Waals surface area contributed by atoms with Crippen molar-refractivity contribution in [1.82, 2.24) is 9.88 Å². The third kappa shape index (κ3) is 5.43. The molecule has 1 saturated heterocycles. The lowest BCUT2D eigenvalue weighted by Gasteiger charge is -2.27. The molecule has 2 heterocycles. The molecular formula is C24H28FN3O3S. The molecule has 170 valence electrons. The minimum Gasteiger partial charge on any atom is -0.484 e. The molecule has 8 heteroatoms. The summed E-state index contributed by atoms with van der Waals surface area (Å²) in [5.41, 5.74) is 3.18. The maximum absolute atomic E-state index is 13.2. The Labute approximate surface area is 191 Å². The molecule has 0 aliphatic carbocycles. The summed E-state index contributed by atoms with van der Waals surface area (Å²) in [7, 11) is 0. The van der Waals surface area contributed by atoms with E-state index in [1.807, 2.05) is 6.92 Å². The third-order valence-corrected chi connectivity index (χ3v) is 6.81. The van der Waals surface area contributed by atoms with Crippen molar-refractivity contribution in [2.75, 3.05) is 50.9 Å². The highest BCUT2D eigenvalue weighted by molar-refractivity contribution is 7.22. The SMILES string of the molecule is Cc1ccc(C)c2sc(N(CCCN3CCOCC3)C(=O)COc3ccc(F)cc3)nc12. The van der Waals surface area contributed by atoms with Gasteiger partial charge in [-0.15, -0.1) is 0 Å². The van der Waals surface area contributed by atoms with Crippen molar-refractivity contribution in [2.45, 2.75) is 20.3 Å². The van der Waals surface area contributed by atoms with E-state index in [0.717, 1.165) is 60.6 Å². The minimum atomic E-state index is -0.339. The number of amides is 1. The predicted octanol–water partition coefficient (Wildman–Crippen LogP) is 4.19. The summed E-state index contributed by atoms with van der Waals surface area (Å²) in [4.78, 5) is 22.1. The highest BCUT2D eigenvalue weighted by Crippen LogP contribution is 2.33. The highest BCUT2D eigenvalue weighted by Gasteiger charge is 2.22. The molecule has 0 bridgehead atoms. The fourth-order valence-corrected chi connectivity index (χ4v) is 4.88. The standard InChI is InChI=1S/C24H28FN3O3S/c1-17-4-5-18(2)23-22(17)26-24(32-23)28(11-3-10-27-12-14-30-15-13-27)21(29)16-31-20-8-6-19(25)7-9-20/h4-9H,3,10-16H2,1-2H3. The highest BCUT2D eigenvalue weighted by atomic mass is 32.1. The van der Waals surface area contributed by atoms with Gasteiger partial charge in [0.05, 0.1) is 23.4 Å². The van der Waals surface area contributed by atoms with Gasteiger partial charge in [0.1, 0.15) is 11.6 Å². The monoisotopic (exact) mass is 457 g/mol.